The Balaban J connectivity index is 2.37. The molecule has 0 radical (unpaired) electrons. The highest BCUT2D eigenvalue weighted by atomic mass is 19.4. The number of aromatic amines is 1. The number of nitrogens with zero attached hydrogens (tertiary/aromatic N) is 1. The number of nitrogens with one attached hydrogen (secondary N) is 1. The number of carbonyl (C=O) groups is 1. The van der Waals surface area contributed by atoms with Gasteiger partial charge in [-0.2, -0.15) is 13.2 Å². The van der Waals surface area contributed by atoms with E-state index >= 15 is 0 Å². The molecule has 16 heavy (non-hydrogen) atoms. The molecule has 1 N–H and O–H groups in total. The van der Waals surface area contributed by atoms with Gasteiger partial charge in [-0.25, -0.2) is 4.98 Å². The van der Waals surface area contributed by atoms with Crippen molar-refractivity contribution < 1.29 is 18.0 Å². The smallest absolute Gasteiger partial charge is 0.345 e. The van der Waals surface area contributed by atoms with Gasteiger partial charge in [-0.1, -0.05) is 0 Å². The fourth-order valence-corrected chi connectivity index (χ4v) is 1.46. The molecule has 2 aromatic rings. The molecule has 0 fully saturated rings. The van der Waals surface area contributed by atoms with Crippen molar-refractivity contribution in [2.45, 2.75) is 12.6 Å². The number of hydrogen-bond donors (Lipinski definition) is 1. The van der Waals surface area contributed by atoms with Crippen molar-refractivity contribution in [1.82, 2.24) is 9.97 Å². The lowest BCUT2D eigenvalue weighted by molar-refractivity contribution is -0.125. The second-order valence-electron chi connectivity index (χ2n) is 3.32. The minimum absolute atomic E-state index is 0.0282. The van der Waals surface area contributed by atoms with E-state index in [0.29, 0.717) is 11.0 Å². The number of hydrogen-bond acceptors (Lipinski definition) is 2. The van der Waals surface area contributed by atoms with Gasteiger partial charge in [0.1, 0.15) is 12.1 Å². The Labute approximate surface area is 88.3 Å². The number of alkyl halides is 3. The maximum Gasteiger partial charge on any atom is 0.396 e. The first-order valence-electron chi connectivity index (χ1n) is 4.49. The Bertz CT molecular complexity index is 530. The van der Waals surface area contributed by atoms with Gasteiger partial charge in [-0.05, 0) is 12.1 Å². The highest BCUT2D eigenvalue weighted by Crippen LogP contribution is 2.25. The van der Waals surface area contributed by atoms with E-state index in [-0.39, 0.29) is 5.56 Å². The second-order valence-corrected chi connectivity index (χ2v) is 3.32. The summed E-state index contributed by atoms with van der Waals surface area (Å²) in [6.45, 7) is 0. The van der Waals surface area contributed by atoms with Gasteiger partial charge in [0.15, 0.2) is 5.78 Å². The number of pyridine rings is 1. The van der Waals surface area contributed by atoms with Crippen molar-refractivity contribution in [3.63, 3.8) is 0 Å². The fraction of sp³-hybridized carbons (Fsp3) is 0.200. The minimum Gasteiger partial charge on any atom is -0.345 e. The maximum atomic E-state index is 12.1. The van der Waals surface area contributed by atoms with Crippen molar-refractivity contribution in [3.8, 4) is 0 Å². The SMILES string of the molecule is O=C(CC(F)(F)F)c1c[nH]c2ncccc12. The van der Waals surface area contributed by atoms with Crippen LogP contribution in [0.15, 0.2) is 24.5 Å². The molecule has 0 atom stereocenters. The third kappa shape index (κ3) is 2.05. The van der Waals surface area contributed by atoms with Crippen LogP contribution in [0.25, 0.3) is 11.0 Å². The van der Waals surface area contributed by atoms with Crippen molar-refractivity contribution in [1.29, 1.82) is 0 Å². The zero-order valence-electron chi connectivity index (χ0n) is 8.01. The zero-order valence-corrected chi connectivity index (χ0v) is 8.01. The normalized spacial score (nSPS) is 11.9. The van der Waals surface area contributed by atoms with Gasteiger partial charge < -0.3 is 4.98 Å². The van der Waals surface area contributed by atoms with E-state index in [9.17, 15) is 18.0 Å². The molecule has 0 unspecified atom stereocenters. The number of halogens is 3. The van der Waals surface area contributed by atoms with E-state index in [1.165, 1.54) is 12.4 Å². The number of ketones is 1. The number of carbonyl (C=O) groups excluding carboxylic acids is 1. The summed E-state index contributed by atoms with van der Waals surface area (Å²) >= 11 is 0. The summed E-state index contributed by atoms with van der Waals surface area (Å²) in [5.74, 6) is -0.952. The van der Waals surface area contributed by atoms with Crippen LogP contribution in [0, 0.1) is 0 Å². The number of aromatic nitrogens is 2. The van der Waals surface area contributed by atoms with Gasteiger partial charge in [0.2, 0.25) is 0 Å². The molecule has 3 nitrogen and oxygen atoms in total. The van der Waals surface area contributed by atoms with Crippen LogP contribution in [0.1, 0.15) is 16.8 Å². The lowest BCUT2D eigenvalue weighted by atomic mass is 10.1. The van der Waals surface area contributed by atoms with Crippen LogP contribution in [-0.4, -0.2) is 21.9 Å². The number of Topliss-reactive ketones (excluding diaryl/α,β-unsaturated/α-hetero) is 1. The summed E-state index contributed by atoms with van der Waals surface area (Å²) < 4.78 is 36.2. The molecule has 0 saturated carbocycles. The Hall–Kier alpha value is -1.85. The molecule has 0 aliphatic heterocycles. The van der Waals surface area contributed by atoms with Crippen LogP contribution >= 0.6 is 0 Å². The zero-order chi connectivity index (χ0) is 11.8. The average Bonchev–Trinajstić information content (AvgIpc) is 2.58. The van der Waals surface area contributed by atoms with Gasteiger partial charge in [-0.15, -0.1) is 0 Å². The monoisotopic (exact) mass is 228 g/mol. The average molecular weight is 228 g/mol. The second kappa shape index (κ2) is 3.62. The van der Waals surface area contributed by atoms with E-state index < -0.39 is 18.4 Å². The third-order valence-electron chi connectivity index (χ3n) is 2.11. The summed E-state index contributed by atoms with van der Waals surface area (Å²) in [7, 11) is 0. The van der Waals surface area contributed by atoms with E-state index in [0.717, 1.165) is 0 Å². The minimum atomic E-state index is -4.48. The Morgan fingerprint density at radius 1 is 1.44 bits per heavy atom. The Kier molecular flexibility index (Phi) is 2.41. The van der Waals surface area contributed by atoms with E-state index in [1.54, 1.807) is 12.1 Å². The van der Waals surface area contributed by atoms with Gasteiger partial charge in [-0.3, -0.25) is 4.79 Å². The van der Waals surface area contributed by atoms with Crippen molar-refractivity contribution >= 4 is 16.8 Å². The Morgan fingerprint density at radius 3 is 2.88 bits per heavy atom. The number of rotatable bonds is 2. The summed E-state index contributed by atoms with van der Waals surface area (Å²) in [6, 6.07) is 3.13. The molecule has 6 heteroatoms. The number of H-pyrrole nitrogens is 1. The molecule has 2 heterocycles. The predicted molar refractivity (Wildman–Crippen MR) is 51.1 cm³/mol. The Morgan fingerprint density at radius 2 is 2.19 bits per heavy atom. The first-order chi connectivity index (χ1) is 7.47. The van der Waals surface area contributed by atoms with Crippen molar-refractivity contribution in [2.24, 2.45) is 0 Å². The van der Waals surface area contributed by atoms with Crippen LogP contribution in [-0.2, 0) is 0 Å². The molecule has 0 spiro atoms. The van der Waals surface area contributed by atoms with Crippen molar-refractivity contribution in [3.05, 3.63) is 30.1 Å². The fourth-order valence-electron chi connectivity index (χ4n) is 1.46. The van der Waals surface area contributed by atoms with Gasteiger partial charge in [0, 0.05) is 23.3 Å². The standard InChI is InChI=1S/C10H7F3N2O/c11-10(12,13)4-8(16)7-5-15-9-6(7)2-1-3-14-9/h1-3,5H,4H2,(H,14,15). The number of fused-ring (bicyclic) bond motifs is 1. The van der Waals surface area contributed by atoms with E-state index in [1.807, 2.05) is 0 Å². The van der Waals surface area contributed by atoms with E-state index in [2.05, 4.69) is 9.97 Å². The van der Waals surface area contributed by atoms with Crippen LogP contribution in [0.5, 0.6) is 0 Å². The molecule has 0 aromatic carbocycles. The summed E-state index contributed by atoms with van der Waals surface area (Å²) in [4.78, 5) is 17.9. The van der Waals surface area contributed by atoms with E-state index in [4.69, 9.17) is 0 Å². The molecule has 2 rings (SSSR count). The molecule has 84 valence electrons. The summed E-state index contributed by atoms with van der Waals surface area (Å²) in [5, 5.41) is 0.414. The van der Waals surface area contributed by atoms with Gasteiger partial charge >= 0.3 is 6.18 Å². The lowest BCUT2D eigenvalue weighted by Crippen LogP contribution is -2.14. The molecular formula is C10H7F3N2O. The quantitative estimate of drug-likeness (QED) is 0.803. The van der Waals surface area contributed by atoms with Crippen LogP contribution in [0.2, 0.25) is 0 Å². The molecule has 2 aromatic heterocycles. The highest BCUT2D eigenvalue weighted by molar-refractivity contribution is 6.07. The molecule has 0 amide bonds. The predicted octanol–water partition coefficient (Wildman–Crippen LogP) is 2.70. The van der Waals surface area contributed by atoms with Crippen LogP contribution in [0.3, 0.4) is 0 Å². The van der Waals surface area contributed by atoms with Crippen LogP contribution in [0.4, 0.5) is 13.2 Å². The third-order valence-corrected chi connectivity index (χ3v) is 2.11. The van der Waals surface area contributed by atoms with Crippen molar-refractivity contribution in [2.75, 3.05) is 0 Å². The molecular weight excluding hydrogens is 221 g/mol. The largest absolute Gasteiger partial charge is 0.396 e. The first-order valence-corrected chi connectivity index (χ1v) is 4.49. The molecule has 0 bridgehead atoms. The highest BCUT2D eigenvalue weighted by Gasteiger charge is 2.32. The molecule has 0 aliphatic rings. The molecule has 0 aliphatic carbocycles. The molecule has 0 saturated heterocycles. The first kappa shape index (κ1) is 10.7. The van der Waals surface area contributed by atoms with Gasteiger partial charge in [0.25, 0.3) is 0 Å². The summed E-state index contributed by atoms with van der Waals surface area (Å²) in [5.41, 5.74) is 0.438. The topological polar surface area (TPSA) is 45.8 Å². The maximum absolute atomic E-state index is 12.1. The summed E-state index contributed by atoms with van der Waals surface area (Å²) in [6.07, 6.45) is -3.18. The van der Waals surface area contributed by atoms with Gasteiger partial charge in [0.05, 0.1) is 0 Å². The van der Waals surface area contributed by atoms with Crippen LogP contribution < -0.4 is 0 Å². The lowest BCUT2D eigenvalue weighted by Gasteiger charge is -2.03.